The second-order valence-electron chi connectivity index (χ2n) is 5.31. The van der Waals surface area contributed by atoms with Gasteiger partial charge in [-0.25, -0.2) is 4.72 Å². The van der Waals surface area contributed by atoms with Gasteiger partial charge in [0, 0.05) is 19.6 Å². The largest absolute Gasteiger partial charge is 0.468 e. The molecular formula is C13H23N3O3S. The third kappa shape index (κ3) is 3.82. The van der Waals surface area contributed by atoms with Crippen LogP contribution in [-0.4, -0.2) is 51.4 Å². The molecule has 20 heavy (non-hydrogen) atoms. The Labute approximate surface area is 120 Å². The van der Waals surface area contributed by atoms with E-state index in [1.54, 1.807) is 6.26 Å². The van der Waals surface area contributed by atoms with Crippen molar-refractivity contribution in [1.29, 1.82) is 0 Å². The predicted molar refractivity (Wildman–Crippen MR) is 77.5 cm³/mol. The van der Waals surface area contributed by atoms with Gasteiger partial charge in [-0.1, -0.05) is 6.42 Å². The van der Waals surface area contributed by atoms with Crippen molar-refractivity contribution in [3.8, 4) is 0 Å². The normalized spacial score (nSPS) is 19.4. The maximum atomic E-state index is 12.2. The Morgan fingerprint density at radius 1 is 1.35 bits per heavy atom. The van der Waals surface area contributed by atoms with Gasteiger partial charge >= 0.3 is 0 Å². The molecule has 2 heterocycles. The summed E-state index contributed by atoms with van der Waals surface area (Å²) in [6, 6.07) is 3.56. The van der Waals surface area contributed by atoms with Gasteiger partial charge < -0.3 is 4.42 Å². The van der Waals surface area contributed by atoms with Crippen LogP contribution in [0.4, 0.5) is 0 Å². The fourth-order valence-corrected chi connectivity index (χ4v) is 3.69. The SMILES string of the molecule is CN(C)C(CNS(=O)(=O)N1CCCCC1)c1ccco1. The summed E-state index contributed by atoms with van der Waals surface area (Å²) in [5, 5.41) is 0. The average molecular weight is 301 g/mol. The van der Waals surface area contributed by atoms with Crippen molar-refractivity contribution in [2.24, 2.45) is 0 Å². The van der Waals surface area contributed by atoms with Crippen molar-refractivity contribution in [3.63, 3.8) is 0 Å². The van der Waals surface area contributed by atoms with Crippen LogP contribution in [0.5, 0.6) is 0 Å². The summed E-state index contributed by atoms with van der Waals surface area (Å²) in [6.45, 7) is 1.53. The summed E-state index contributed by atoms with van der Waals surface area (Å²) in [7, 11) is 0.422. The molecular weight excluding hydrogens is 278 g/mol. The first-order valence-electron chi connectivity index (χ1n) is 6.95. The minimum absolute atomic E-state index is 0.107. The molecule has 0 spiro atoms. The highest BCUT2D eigenvalue weighted by molar-refractivity contribution is 7.87. The van der Waals surface area contributed by atoms with Crippen LogP contribution in [0.15, 0.2) is 22.8 Å². The number of likely N-dealkylation sites (N-methyl/N-ethyl adjacent to an activating group) is 1. The van der Waals surface area contributed by atoms with Crippen molar-refractivity contribution in [2.45, 2.75) is 25.3 Å². The monoisotopic (exact) mass is 301 g/mol. The molecule has 2 rings (SSSR count). The Balaban J connectivity index is 1.98. The number of hydrogen-bond donors (Lipinski definition) is 1. The number of hydrogen-bond acceptors (Lipinski definition) is 4. The molecule has 1 aliphatic rings. The lowest BCUT2D eigenvalue weighted by atomic mass is 10.2. The van der Waals surface area contributed by atoms with Gasteiger partial charge in [-0.2, -0.15) is 12.7 Å². The lowest BCUT2D eigenvalue weighted by molar-refractivity contribution is 0.256. The summed E-state index contributed by atoms with van der Waals surface area (Å²) in [6.07, 6.45) is 4.59. The molecule has 114 valence electrons. The Bertz CT molecular complexity index is 493. The summed E-state index contributed by atoms with van der Waals surface area (Å²) in [4.78, 5) is 1.94. The topological polar surface area (TPSA) is 65.8 Å². The van der Waals surface area contributed by atoms with Crippen molar-refractivity contribution in [1.82, 2.24) is 13.9 Å². The zero-order chi connectivity index (χ0) is 14.6. The fourth-order valence-electron chi connectivity index (χ4n) is 2.40. The number of piperidine rings is 1. The fraction of sp³-hybridized carbons (Fsp3) is 0.692. The van der Waals surface area contributed by atoms with Crippen LogP contribution in [0.2, 0.25) is 0 Å². The van der Waals surface area contributed by atoms with E-state index in [9.17, 15) is 8.42 Å². The smallest absolute Gasteiger partial charge is 0.279 e. The summed E-state index contributed by atoms with van der Waals surface area (Å²) < 4.78 is 34.1. The maximum absolute atomic E-state index is 12.2. The Morgan fingerprint density at radius 2 is 2.05 bits per heavy atom. The molecule has 1 aliphatic heterocycles. The predicted octanol–water partition coefficient (Wildman–Crippen LogP) is 1.20. The quantitative estimate of drug-likeness (QED) is 0.857. The Kier molecular flexibility index (Phi) is 5.20. The van der Waals surface area contributed by atoms with Crippen LogP contribution in [0.3, 0.4) is 0 Å². The highest BCUT2D eigenvalue weighted by Gasteiger charge is 2.26. The second-order valence-corrected chi connectivity index (χ2v) is 7.06. The number of rotatable bonds is 6. The van der Waals surface area contributed by atoms with Gasteiger partial charge in [-0.15, -0.1) is 0 Å². The van der Waals surface area contributed by atoms with Crippen LogP contribution < -0.4 is 4.72 Å². The van der Waals surface area contributed by atoms with E-state index in [0.29, 0.717) is 19.6 Å². The molecule has 1 saturated heterocycles. The van der Waals surface area contributed by atoms with Gasteiger partial charge in [0.15, 0.2) is 0 Å². The van der Waals surface area contributed by atoms with Gasteiger partial charge in [0.05, 0.1) is 12.3 Å². The highest BCUT2D eigenvalue weighted by Crippen LogP contribution is 2.19. The maximum Gasteiger partial charge on any atom is 0.279 e. The van der Waals surface area contributed by atoms with Crippen LogP contribution in [-0.2, 0) is 10.2 Å². The van der Waals surface area contributed by atoms with E-state index in [-0.39, 0.29) is 6.04 Å². The minimum atomic E-state index is -3.39. The van der Waals surface area contributed by atoms with E-state index < -0.39 is 10.2 Å². The highest BCUT2D eigenvalue weighted by atomic mass is 32.2. The van der Waals surface area contributed by atoms with E-state index in [4.69, 9.17) is 4.42 Å². The minimum Gasteiger partial charge on any atom is -0.468 e. The van der Waals surface area contributed by atoms with Crippen LogP contribution >= 0.6 is 0 Å². The molecule has 0 aromatic carbocycles. The molecule has 0 amide bonds. The first-order valence-corrected chi connectivity index (χ1v) is 8.39. The summed E-state index contributed by atoms with van der Waals surface area (Å²) in [5.41, 5.74) is 0. The average Bonchev–Trinajstić information content (AvgIpc) is 2.93. The van der Waals surface area contributed by atoms with E-state index in [1.165, 1.54) is 4.31 Å². The van der Waals surface area contributed by atoms with E-state index in [2.05, 4.69) is 4.72 Å². The first-order chi connectivity index (χ1) is 9.50. The van der Waals surface area contributed by atoms with Crippen LogP contribution in [0.25, 0.3) is 0 Å². The zero-order valence-corrected chi connectivity index (χ0v) is 12.9. The molecule has 0 saturated carbocycles. The van der Waals surface area contributed by atoms with Crippen LogP contribution in [0.1, 0.15) is 31.1 Å². The number of nitrogens with one attached hydrogen (secondary N) is 1. The van der Waals surface area contributed by atoms with Gasteiger partial charge in [0.1, 0.15) is 5.76 Å². The third-order valence-corrected chi connectivity index (χ3v) is 5.19. The first kappa shape index (κ1) is 15.5. The second kappa shape index (κ2) is 6.71. The third-order valence-electron chi connectivity index (χ3n) is 3.61. The van der Waals surface area contributed by atoms with Gasteiger partial charge in [0.2, 0.25) is 0 Å². The van der Waals surface area contributed by atoms with Crippen molar-refractivity contribution in [3.05, 3.63) is 24.2 Å². The lowest BCUT2D eigenvalue weighted by Crippen LogP contribution is -2.45. The molecule has 0 bridgehead atoms. The summed E-state index contributed by atoms with van der Waals surface area (Å²) in [5.74, 6) is 0.761. The van der Waals surface area contributed by atoms with Gasteiger partial charge in [-0.3, -0.25) is 4.90 Å². The van der Waals surface area contributed by atoms with E-state index in [0.717, 1.165) is 25.0 Å². The zero-order valence-electron chi connectivity index (χ0n) is 12.1. The molecule has 1 atom stereocenters. The molecule has 1 aromatic rings. The molecule has 0 radical (unpaired) electrons. The van der Waals surface area contributed by atoms with Gasteiger partial charge in [-0.05, 0) is 39.1 Å². The molecule has 1 N–H and O–H groups in total. The van der Waals surface area contributed by atoms with Crippen LogP contribution in [0, 0.1) is 0 Å². The standard InChI is InChI=1S/C13H23N3O3S/c1-15(2)12(13-7-6-10-19-13)11-14-20(17,18)16-8-4-3-5-9-16/h6-7,10,12,14H,3-5,8-9,11H2,1-2H3. The molecule has 7 heteroatoms. The van der Waals surface area contributed by atoms with Crippen molar-refractivity contribution in [2.75, 3.05) is 33.7 Å². The van der Waals surface area contributed by atoms with E-state index in [1.807, 2.05) is 31.1 Å². The lowest BCUT2D eigenvalue weighted by Gasteiger charge is -2.28. The molecule has 0 aliphatic carbocycles. The number of furan rings is 1. The molecule has 1 unspecified atom stereocenters. The molecule has 1 fully saturated rings. The number of nitrogens with zero attached hydrogens (tertiary/aromatic N) is 2. The van der Waals surface area contributed by atoms with E-state index >= 15 is 0 Å². The Hall–Kier alpha value is -0.890. The summed E-state index contributed by atoms with van der Waals surface area (Å²) >= 11 is 0. The van der Waals surface area contributed by atoms with Crippen molar-refractivity contribution >= 4 is 10.2 Å². The van der Waals surface area contributed by atoms with Crippen molar-refractivity contribution < 1.29 is 12.8 Å². The molecule has 6 nitrogen and oxygen atoms in total. The Morgan fingerprint density at radius 3 is 2.60 bits per heavy atom. The van der Waals surface area contributed by atoms with Gasteiger partial charge in [0.25, 0.3) is 10.2 Å². The molecule has 1 aromatic heterocycles.